The Bertz CT molecular complexity index is 1160. The lowest BCUT2D eigenvalue weighted by molar-refractivity contribution is -0.126. The predicted molar refractivity (Wildman–Crippen MR) is 112 cm³/mol. The van der Waals surface area contributed by atoms with Crippen molar-refractivity contribution in [1.29, 1.82) is 0 Å². The van der Waals surface area contributed by atoms with Crippen molar-refractivity contribution < 1.29 is 22.2 Å². The second kappa shape index (κ2) is 8.21. The molecule has 3 aromatic rings. The summed E-state index contributed by atoms with van der Waals surface area (Å²) in [7, 11) is -3.62. The lowest BCUT2D eigenvalue weighted by Crippen LogP contribution is -2.42. The molecule has 1 aliphatic heterocycles. The number of rotatable bonds is 7. The predicted octanol–water partition coefficient (Wildman–Crippen LogP) is 2.99. The lowest BCUT2D eigenvalue weighted by atomic mass is 9.97. The number of hydrogen-bond acceptors (Lipinski definition) is 8. The number of sulfonamides is 1. The summed E-state index contributed by atoms with van der Waals surface area (Å²) in [6.07, 6.45) is 4.64. The number of carbonyl (C=O) groups is 1. The number of piperidine rings is 1. The summed E-state index contributed by atoms with van der Waals surface area (Å²) in [5.74, 6) is 1.80. The smallest absolute Gasteiger partial charge is 0.252 e. The van der Waals surface area contributed by atoms with Gasteiger partial charge in [0.05, 0.1) is 12.8 Å². The van der Waals surface area contributed by atoms with Gasteiger partial charge in [0.2, 0.25) is 17.6 Å². The van der Waals surface area contributed by atoms with Crippen LogP contribution < -0.4 is 5.32 Å². The van der Waals surface area contributed by atoms with Crippen LogP contribution in [-0.2, 0) is 21.4 Å². The fraction of sp³-hybridized carbons (Fsp3) is 0.450. The Kier molecular flexibility index (Phi) is 5.40. The molecule has 2 aliphatic rings. The Labute approximate surface area is 183 Å². The van der Waals surface area contributed by atoms with E-state index in [4.69, 9.17) is 8.94 Å². The Morgan fingerprint density at radius 2 is 2.06 bits per heavy atom. The van der Waals surface area contributed by atoms with Gasteiger partial charge in [-0.15, -0.1) is 11.3 Å². The highest BCUT2D eigenvalue weighted by Crippen LogP contribution is 2.40. The maximum absolute atomic E-state index is 13.1. The van der Waals surface area contributed by atoms with Gasteiger partial charge in [-0.2, -0.15) is 9.29 Å². The molecule has 4 heterocycles. The Morgan fingerprint density at radius 3 is 2.77 bits per heavy atom. The summed E-state index contributed by atoms with van der Waals surface area (Å²) in [6.45, 7) is 0.950. The number of thiophene rings is 1. The molecule has 0 aromatic carbocycles. The second-order valence-corrected chi connectivity index (χ2v) is 10.9. The van der Waals surface area contributed by atoms with Gasteiger partial charge in [-0.1, -0.05) is 5.16 Å². The van der Waals surface area contributed by atoms with E-state index >= 15 is 0 Å². The minimum absolute atomic E-state index is 0.0737. The molecule has 2 fully saturated rings. The van der Waals surface area contributed by atoms with Gasteiger partial charge in [0, 0.05) is 35.9 Å². The normalized spacial score (nSPS) is 18.3. The van der Waals surface area contributed by atoms with Gasteiger partial charge in [0.15, 0.2) is 0 Å². The molecule has 9 nitrogen and oxygen atoms in total. The van der Waals surface area contributed by atoms with E-state index < -0.39 is 10.0 Å². The van der Waals surface area contributed by atoms with E-state index in [1.807, 2.05) is 0 Å². The number of furan rings is 1. The minimum Gasteiger partial charge on any atom is -0.467 e. The maximum atomic E-state index is 13.1. The Balaban J connectivity index is 1.19. The standard InChI is InChI=1S/C20H22N4O5S2/c25-19(21-11-16-2-1-9-28-16)13-5-7-24(8-6-13)31(26,27)17-10-15(12-30-17)18-22-20(29-23-18)14-3-4-14/h1-2,9-10,12-14H,3-8,11H2,(H,21,25). The topological polar surface area (TPSA) is 119 Å². The number of nitrogens with zero attached hydrogens (tertiary/aromatic N) is 3. The zero-order valence-corrected chi connectivity index (χ0v) is 18.3. The summed E-state index contributed by atoms with van der Waals surface area (Å²) < 4.78 is 38.3. The van der Waals surface area contributed by atoms with E-state index in [2.05, 4.69) is 15.5 Å². The first-order chi connectivity index (χ1) is 15.0. The van der Waals surface area contributed by atoms with Crippen molar-refractivity contribution in [2.24, 2.45) is 5.92 Å². The van der Waals surface area contributed by atoms with Crippen LogP contribution in [0.1, 0.15) is 43.3 Å². The quantitative estimate of drug-likeness (QED) is 0.573. The average Bonchev–Trinajstić information content (AvgIpc) is 3.21. The third kappa shape index (κ3) is 4.30. The molecule has 5 rings (SSSR count). The molecule has 1 aliphatic carbocycles. The minimum atomic E-state index is -3.62. The second-order valence-electron chi connectivity index (χ2n) is 7.86. The summed E-state index contributed by atoms with van der Waals surface area (Å²) in [6, 6.07) is 5.17. The SMILES string of the molecule is O=C(NCc1ccco1)C1CCN(S(=O)(=O)c2cc(-c3noc(C4CC4)n3)cs2)CC1. The van der Waals surface area contributed by atoms with Crippen LogP contribution in [0.5, 0.6) is 0 Å². The Morgan fingerprint density at radius 1 is 1.26 bits per heavy atom. The molecule has 31 heavy (non-hydrogen) atoms. The zero-order valence-electron chi connectivity index (χ0n) is 16.7. The number of hydrogen-bond donors (Lipinski definition) is 1. The molecule has 164 valence electrons. The molecule has 1 N–H and O–H groups in total. The third-order valence-electron chi connectivity index (χ3n) is 5.64. The van der Waals surface area contributed by atoms with Crippen LogP contribution in [0.15, 0.2) is 43.0 Å². The zero-order chi connectivity index (χ0) is 21.4. The number of carbonyl (C=O) groups excluding carboxylic acids is 1. The molecule has 0 radical (unpaired) electrons. The monoisotopic (exact) mass is 462 g/mol. The van der Waals surface area contributed by atoms with Crippen LogP contribution in [0.25, 0.3) is 11.4 Å². The van der Waals surface area contributed by atoms with Gasteiger partial charge in [-0.3, -0.25) is 4.79 Å². The summed E-state index contributed by atoms with van der Waals surface area (Å²) in [5.41, 5.74) is 0.645. The molecule has 0 atom stereocenters. The van der Waals surface area contributed by atoms with E-state index in [1.165, 1.54) is 4.31 Å². The van der Waals surface area contributed by atoms with Gasteiger partial charge >= 0.3 is 0 Å². The van der Waals surface area contributed by atoms with Gasteiger partial charge < -0.3 is 14.3 Å². The van der Waals surface area contributed by atoms with Gasteiger partial charge in [0.25, 0.3) is 10.0 Å². The van der Waals surface area contributed by atoms with E-state index in [9.17, 15) is 13.2 Å². The molecule has 11 heteroatoms. The summed E-state index contributed by atoms with van der Waals surface area (Å²) in [4.78, 5) is 16.8. The first-order valence-electron chi connectivity index (χ1n) is 10.2. The van der Waals surface area contributed by atoms with Crippen molar-refractivity contribution in [3.63, 3.8) is 0 Å². The van der Waals surface area contributed by atoms with Crippen LogP contribution in [0.2, 0.25) is 0 Å². The molecular formula is C20H22N4O5S2. The van der Waals surface area contributed by atoms with Crippen molar-refractivity contribution in [3.05, 3.63) is 41.5 Å². The molecule has 1 saturated carbocycles. The lowest BCUT2D eigenvalue weighted by Gasteiger charge is -2.30. The average molecular weight is 463 g/mol. The molecule has 1 saturated heterocycles. The molecule has 0 unspecified atom stereocenters. The highest BCUT2D eigenvalue weighted by molar-refractivity contribution is 7.91. The van der Waals surface area contributed by atoms with Crippen molar-refractivity contribution in [2.75, 3.05) is 13.1 Å². The van der Waals surface area contributed by atoms with Gasteiger partial charge in [-0.25, -0.2) is 8.42 Å². The van der Waals surface area contributed by atoms with E-state index in [-0.39, 0.29) is 16.0 Å². The third-order valence-corrected chi connectivity index (χ3v) is 8.95. The highest BCUT2D eigenvalue weighted by atomic mass is 32.2. The number of nitrogens with one attached hydrogen (secondary N) is 1. The molecule has 0 spiro atoms. The fourth-order valence-electron chi connectivity index (χ4n) is 3.63. The van der Waals surface area contributed by atoms with Crippen LogP contribution in [0, 0.1) is 5.92 Å². The molecular weight excluding hydrogens is 440 g/mol. The van der Waals surface area contributed by atoms with Crippen molar-refractivity contribution in [3.8, 4) is 11.4 Å². The molecule has 3 aromatic heterocycles. The van der Waals surface area contributed by atoms with Crippen molar-refractivity contribution >= 4 is 27.3 Å². The van der Waals surface area contributed by atoms with E-state index in [1.54, 1.807) is 29.8 Å². The highest BCUT2D eigenvalue weighted by Gasteiger charge is 2.34. The van der Waals surface area contributed by atoms with E-state index in [0.29, 0.717) is 61.4 Å². The van der Waals surface area contributed by atoms with Gasteiger partial charge in [0.1, 0.15) is 9.97 Å². The van der Waals surface area contributed by atoms with Crippen LogP contribution in [0.3, 0.4) is 0 Å². The van der Waals surface area contributed by atoms with E-state index in [0.717, 1.165) is 24.2 Å². The first-order valence-corrected chi connectivity index (χ1v) is 12.6. The van der Waals surface area contributed by atoms with Crippen LogP contribution in [0.4, 0.5) is 0 Å². The molecule has 1 amide bonds. The summed E-state index contributed by atoms with van der Waals surface area (Å²) in [5, 5.41) is 8.58. The van der Waals surface area contributed by atoms with Crippen LogP contribution >= 0.6 is 11.3 Å². The largest absolute Gasteiger partial charge is 0.467 e. The number of aromatic nitrogens is 2. The van der Waals surface area contributed by atoms with Crippen LogP contribution in [-0.4, -0.2) is 41.9 Å². The Hall–Kier alpha value is -2.50. The molecule has 0 bridgehead atoms. The van der Waals surface area contributed by atoms with Crippen molar-refractivity contribution in [2.45, 2.75) is 42.4 Å². The number of amides is 1. The first kappa shape index (κ1) is 20.4. The maximum Gasteiger partial charge on any atom is 0.252 e. The van der Waals surface area contributed by atoms with Crippen molar-refractivity contribution in [1.82, 2.24) is 19.8 Å². The summed E-state index contributed by atoms with van der Waals surface area (Å²) >= 11 is 1.15. The van der Waals surface area contributed by atoms with Gasteiger partial charge in [-0.05, 0) is 43.9 Å². The fourth-order valence-corrected chi connectivity index (χ4v) is 6.42.